The zero-order valence-corrected chi connectivity index (χ0v) is 20.0. The Labute approximate surface area is 199 Å². The molecule has 178 valence electrons. The van der Waals surface area contributed by atoms with Crippen LogP contribution in [0.2, 0.25) is 0 Å². The summed E-state index contributed by atoms with van der Waals surface area (Å²) in [7, 11) is -1.24. The number of sulfone groups is 1. The lowest BCUT2D eigenvalue weighted by Crippen LogP contribution is -2.47. The second-order valence-corrected chi connectivity index (χ2v) is 10.4. The first kappa shape index (κ1) is 23.7. The number of nitrogens with zero attached hydrogens (tertiary/aromatic N) is 4. The van der Waals surface area contributed by atoms with Crippen molar-refractivity contribution in [2.75, 3.05) is 49.6 Å². The SMILES string of the molecule is CCS(=O)(=O)c1cccc(Nc2cc(Nc3ccc(C(=O)N4CCN(C)CC4)cc3)ncn2)c1. The van der Waals surface area contributed by atoms with Crippen LogP contribution in [0.15, 0.2) is 65.8 Å². The molecule has 0 spiro atoms. The Hall–Kier alpha value is -3.50. The number of benzene rings is 2. The van der Waals surface area contributed by atoms with E-state index in [2.05, 4.69) is 32.5 Å². The van der Waals surface area contributed by atoms with Crippen molar-refractivity contribution in [2.24, 2.45) is 0 Å². The number of rotatable bonds is 7. The molecular formula is C24H28N6O3S. The van der Waals surface area contributed by atoms with Crippen molar-refractivity contribution in [1.29, 1.82) is 0 Å². The Bertz CT molecular complexity index is 1260. The predicted octanol–water partition coefficient (Wildman–Crippen LogP) is 3.15. The number of hydrogen-bond acceptors (Lipinski definition) is 8. The van der Waals surface area contributed by atoms with Gasteiger partial charge in [-0.25, -0.2) is 18.4 Å². The van der Waals surface area contributed by atoms with Gasteiger partial charge in [-0.15, -0.1) is 0 Å². The molecule has 1 amide bonds. The molecule has 10 heteroatoms. The van der Waals surface area contributed by atoms with E-state index in [0.29, 0.717) is 22.9 Å². The van der Waals surface area contributed by atoms with Crippen LogP contribution in [0.1, 0.15) is 17.3 Å². The van der Waals surface area contributed by atoms with Gasteiger partial charge in [0.1, 0.15) is 18.0 Å². The smallest absolute Gasteiger partial charge is 0.253 e. The number of carbonyl (C=O) groups is 1. The number of nitrogens with one attached hydrogen (secondary N) is 2. The van der Waals surface area contributed by atoms with Crippen LogP contribution >= 0.6 is 0 Å². The zero-order valence-electron chi connectivity index (χ0n) is 19.2. The van der Waals surface area contributed by atoms with Crippen LogP contribution in [0.4, 0.5) is 23.0 Å². The summed E-state index contributed by atoms with van der Waals surface area (Å²) in [6, 6.07) is 15.7. The van der Waals surface area contributed by atoms with E-state index < -0.39 is 9.84 Å². The first-order chi connectivity index (χ1) is 16.3. The Morgan fingerprint density at radius 2 is 1.56 bits per heavy atom. The molecule has 2 N–H and O–H groups in total. The Balaban J connectivity index is 1.42. The summed E-state index contributed by atoms with van der Waals surface area (Å²) in [5.74, 6) is 1.16. The number of aromatic nitrogens is 2. The maximum absolute atomic E-state index is 12.7. The van der Waals surface area contributed by atoms with Crippen molar-refractivity contribution >= 4 is 38.8 Å². The lowest BCUT2D eigenvalue weighted by Gasteiger charge is -2.32. The van der Waals surface area contributed by atoms with E-state index in [1.165, 1.54) is 6.33 Å². The van der Waals surface area contributed by atoms with Gasteiger partial charge in [-0.1, -0.05) is 13.0 Å². The third kappa shape index (κ3) is 5.70. The highest BCUT2D eigenvalue weighted by Crippen LogP contribution is 2.22. The fraction of sp³-hybridized carbons (Fsp3) is 0.292. The van der Waals surface area contributed by atoms with Crippen molar-refractivity contribution in [3.8, 4) is 0 Å². The van der Waals surface area contributed by atoms with Gasteiger partial charge in [0, 0.05) is 49.2 Å². The molecule has 1 aliphatic rings. The molecular weight excluding hydrogens is 452 g/mol. The molecule has 3 aromatic rings. The molecule has 4 rings (SSSR count). The van der Waals surface area contributed by atoms with Crippen molar-refractivity contribution in [3.05, 3.63) is 66.5 Å². The van der Waals surface area contributed by atoms with Crippen LogP contribution in [0, 0.1) is 0 Å². The van der Waals surface area contributed by atoms with E-state index in [9.17, 15) is 13.2 Å². The topological polar surface area (TPSA) is 108 Å². The van der Waals surface area contributed by atoms with Crippen LogP contribution in [-0.4, -0.2) is 73.1 Å². The normalized spacial score (nSPS) is 14.6. The number of hydrogen-bond donors (Lipinski definition) is 2. The second kappa shape index (κ2) is 10.2. The van der Waals surface area contributed by atoms with Gasteiger partial charge in [-0.05, 0) is 49.5 Å². The van der Waals surface area contributed by atoms with Gasteiger partial charge in [0.15, 0.2) is 9.84 Å². The van der Waals surface area contributed by atoms with Crippen LogP contribution < -0.4 is 10.6 Å². The number of amides is 1. The fourth-order valence-corrected chi connectivity index (χ4v) is 4.54. The molecule has 1 fully saturated rings. The number of anilines is 4. The van der Waals surface area contributed by atoms with Gasteiger partial charge in [0.25, 0.3) is 5.91 Å². The van der Waals surface area contributed by atoms with Gasteiger partial charge < -0.3 is 20.4 Å². The van der Waals surface area contributed by atoms with Crippen LogP contribution in [-0.2, 0) is 9.84 Å². The molecule has 1 aromatic heterocycles. The zero-order chi connectivity index (χ0) is 24.1. The minimum atomic E-state index is -3.30. The summed E-state index contributed by atoms with van der Waals surface area (Å²) in [6.45, 7) is 4.85. The summed E-state index contributed by atoms with van der Waals surface area (Å²) in [6.07, 6.45) is 1.42. The summed E-state index contributed by atoms with van der Waals surface area (Å²) in [4.78, 5) is 25.5. The quantitative estimate of drug-likeness (QED) is 0.531. The molecule has 0 unspecified atom stereocenters. The first-order valence-corrected chi connectivity index (χ1v) is 12.8. The van der Waals surface area contributed by atoms with Crippen LogP contribution in [0.25, 0.3) is 0 Å². The molecule has 2 heterocycles. The highest BCUT2D eigenvalue weighted by Gasteiger charge is 2.20. The van der Waals surface area contributed by atoms with Crippen molar-refractivity contribution < 1.29 is 13.2 Å². The summed E-state index contributed by atoms with van der Waals surface area (Å²) in [5, 5.41) is 6.33. The average molecular weight is 481 g/mol. The number of likely N-dealkylation sites (N-methyl/N-ethyl adjacent to an activating group) is 1. The molecule has 0 atom stereocenters. The molecule has 1 aliphatic heterocycles. The van der Waals surface area contributed by atoms with Crippen molar-refractivity contribution in [1.82, 2.24) is 19.8 Å². The number of carbonyl (C=O) groups excluding carboxylic acids is 1. The maximum Gasteiger partial charge on any atom is 0.253 e. The molecule has 0 saturated carbocycles. The Morgan fingerprint density at radius 3 is 2.21 bits per heavy atom. The average Bonchev–Trinajstić information content (AvgIpc) is 2.85. The molecule has 0 aliphatic carbocycles. The fourth-order valence-electron chi connectivity index (χ4n) is 3.61. The van der Waals surface area contributed by atoms with Gasteiger partial charge in [0.2, 0.25) is 0 Å². The van der Waals surface area contributed by atoms with E-state index in [1.807, 2.05) is 29.2 Å². The molecule has 1 saturated heterocycles. The van der Waals surface area contributed by atoms with Crippen LogP contribution in [0.5, 0.6) is 0 Å². The maximum atomic E-state index is 12.7. The second-order valence-electron chi connectivity index (χ2n) is 8.14. The molecule has 0 radical (unpaired) electrons. The highest BCUT2D eigenvalue weighted by atomic mass is 32.2. The standard InChI is InChI=1S/C24H28N6O3S/c1-3-34(32,33)21-6-4-5-20(15-21)28-23-16-22(25-17-26-23)27-19-9-7-18(8-10-19)24(31)30-13-11-29(2)12-14-30/h4-10,15-17H,3,11-14H2,1-2H3,(H2,25,26,27,28). The van der Waals surface area contributed by atoms with Crippen LogP contribution in [0.3, 0.4) is 0 Å². The molecule has 2 aromatic carbocycles. The third-order valence-electron chi connectivity index (χ3n) is 5.71. The lowest BCUT2D eigenvalue weighted by atomic mass is 10.1. The van der Waals surface area contributed by atoms with E-state index in [1.54, 1.807) is 37.3 Å². The highest BCUT2D eigenvalue weighted by molar-refractivity contribution is 7.91. The largest absolute Gasteiger partial charge is 0.340 e. The Morgan fingerprint density at radius 1 is 0.912 bits per heavy atom. The van der Waals surface area contributed by atoms with E-state index in [0.717, 1.165) is 31.9 Å². The van der Waals surface area contributed by atoms with Crippen molar-refractivity contribution in [3.63, 3.8) is 0 Å². The van der Waals surface area contributed by atoms with Gasteiger partial charge in [-0.2, -0.15) is 0 Å². The number of piperazine rings is 1. The minimum absolute atomic E-state index is 0.0395. The summed E-state index contributed by atoms with van der Waals surface area (Å²) in [5.41, 5.74) is 2.06. The minimum Gasteiger partial charge on any atom is -0.340 e. The first-order valence-electron chi connectivity index (χ1n) is 11.1. The molecule has 9 nitrogen and oxygen atoms in total. The van der Waals surface area contributed by atoms with Gasteiger partial charge >= 0.3 is 0 Å². The lowest BCUT2D eigenvalue weighted by molar-refractivity contribution is 0.0664. The van der Waals surface area contributed by atoms with Crippen molar-refractivity contribution in [2.45, 2.75) is 11.8 Å². The van der Waals surface area contributed by atoms with E-state index in [-0.39, 0.29) is 16.6 Å². The Kier molecular flexibility index (Phi) is 7.09. The van der Waals surface area contributed by atoms with E-state index in [4.69, 9.17) is 0 Å². The third-order valence-corrected chi connectivity index (χ3v) is 7.44. The summed E-state index contributed by atoms with van der Waals surface area (Å²) < 4.78 is 24.3. The molecule has 34 heavy (non-hydrogen) atoms. The molecule has 0 bridgehead atoms. The summed E-state index contributed by atoms with van der Waals surface area (Å²) >= 11 is 0. The van der Waals surface area contributed by atoms with Gasteiger partial charge in [0.05, 0.1) is 10.6 Å². The van der Waals surface area contributed by atoms with E-state index >= 15 is 0 Å². The monoisotopic (exact) mass is 480 g/mol. The predicted molar refractivity (Wildman–Crippen MR) is 133 cm³/mol. The van der Waals surface area contributed by atoms with Gasteiger partial charge in [-0.3, -0.25) is 4.79 Å².